The summed E-state index contributed by atoms with van der Waals surface area (Å²) in [5.74, 6) is 3.58. The van der Waals surface area contributed by atoms with Gasteiger partial charge in [-0.2, -0.15) is 0 Å². The van der Waals surface area contributed by atoms with Crippen molar-refractivity contribution in [2.45, 2.75) is 44.2 Å². The smallest absolute Gasteiger partial charge is 0.230 e. The number of nitrogens with one attached hydrogen (secondary N) is 1. The first-order valence-corrected chi connectivity index (χ1v) is 9.94. The first-order chi connectivity index (χ1) is 13.3. The highest BCUT2D eigenvalue weighted by Gasteiger charge is 2.34. The zero-order chi connectivity index (χ0) is 18.2. The lowest BCUT2D eigenvalue weighted by Gasteiger charge is -2.35. The van der Waals surface area contributed by atoms with Crippen LogP contribution in [-0.2, 0) is 17.9 Å². The van der Waals surface area contributed by atoms with Crippen LogP contribution in [0.25, 0.3) is 0 Å². The molecule has 1 saturated heterocycles. The molecule has 1 atom stereocenters. The summed E-state index contributed by atoms with van der Waals surface area (Å²) in [6, 6.07) is 7.94. The minimum absolute atomic E-state index is 0.0709. The Morgan fingerprint density at radius 1 is 1.11 bits per heavy atom. The molecule has 0 spiro atoms. The number of para-hydroxylation sites is 1. The van der Waals surface area contributed by atoms with Crippen molar-refractivity contribution in [2.24, 2.45) is 0 Å². The number of aromatic nitrogens is 3. The number of rotatable bonds is 2. The Hall–Kier alpha value is -2.41. The standard InChI is InChI=1S/C20H25N5O2/c26-20(16-7-12-27-17-4-2-1-3-15(16)17)24-9-5-14(6-10-24)19-23-22-18-13-21-8-11-25(18)19/h1-4,14,16,21H,5-13H2. The number of likely N-dealkylation sites (tertiary alicyclic amines) is 1. The van der Waals surface area contributed by atoms with Crippen LogP contribution in [0.2, 0.25) is 0 Å². The Morgan fingerprint density at radius 3 is 2.85 bits per heavy atom. The van der Waals surface area contributed by atoms with Crippen molar-refractivity contribution in [3.05, 3.63) is 41.5 Å². The number of ether oxygens (including phenoxy) is 1. The lowest BCUT2D eigenvalue weighted by molar-refractivity contribution is -0.134. The zero-order valence-corrected chi connectivity index (χ0v) is 15.4. The maximum Gasteiger partial charge on any atom is 0.230 e. The topological polar surface area (TPSA) is 72.3 Å². The number of amides is 1. The number of carbonyl (C=O) groups is 1. The molecule has 1 fully saturated rings. The van der Waals surface area contributed by atoms with E-state index in [1.54, 1.807) is 0 Å². The van der Waals surface area contributed by atoms with Gasteiger partial charge in [-0.1, -0.05) is 18.2 Å². The van der Waals surface area contributed by atoms with Crippen LogP contribution in [0.1, 0.15) is 48.3 Å². The van der Waals surface area contributed by atoms with Crippen LogP contribution in [0.5, 0.6) is 5.75 Å². The van der Waals surface area contributed by atoms with Gasteiger partial charge in [-0.3, -0.25) is 4.79 Å². The summed E-state index contributed by atoms with van der Waals surface area (Å²) in [6.45, 7) is 4.92. The van der Waals surface area contributed by atoms with E-state index in [0.717, 1.165) is 74.9 Å². The average Bonchev–Trinajstić information content (AvgIpc) is 3.17. The molecule has 7 heteroatoms. The van der Waals surface area contributed by atoms with Crippen LogP contribution in [0.4, 0.5) is 0 Å². The summed E-state index contributed by atoms with van der Waals surface area (Å²) in [5.41, 5.74) is 1.04. The Labute approximate surface area is 158 Å². The maximum atomic E-state index is 13.2. The average molecular weight is 367 g/mol. The molecular formula is C20H25N5O2. The van der Waals surface area contributed by atoms with Gasteiger partial charge < -0.3 is 19.5 Å². The third-order valence-electron chi connectivity index (χ3n) is 6.08. The van der Waals surface area contributed by atoms with Gasteiger partial charge in [0, 0.05) is 37.7 Å². The third-order valence-corrected chi connectivity index (χ3v) is 6.08. The quantitative estimate of drug-likeness (QED) is 0.874. The SMILES string of the molecule is O=C(C1CCOc2ccccc21)N1CCC(c2nnc3n2CCNC3)CC1. The fourth-order valence-corrected chi connectivity index (χ4v) is 4.59. The number of nitrogens with zero attached hydrogens (tertiary/aromatic N) is 4. The first kappa shape index (κ1) is 16.7. The van der Waals surface area contributed by atoms with Crippen LogP contribution in [0.15, 0.2) is 24.3 Å². The minimum atomic E-state index is -0.0709. The van der Waals surface area contributed by atoms with Crippen LogP contribution in [0, 0.1) is 0 Å². The third kappa shape index (κ3) is 3.00. The van der Waals surface area contributed by atoms with Gasteiger partial charge in [0.05, 0.1) is 19.1 Å². The highest BCUT2D eigenvalue weighted by molar-refractivity contribution is 5.85. The van der Waals surface area contributed by atoms with E-state index in [9.17, 15) is 4.79 Å². The fourth-order valence-electron chi connectivity index (χ4n) is 4.59. The molecule has 5 rings (SSSR count). The molecule has 1 amide bonds. The van der Waals surface area contributed by atoms with Gasteiger partial charge in [-0.15, -0.1) is 10.2 Å². The Balaban J connectivity index is 1.27. The molecule has 1 N–H and O–H groups in total. The Morgan fingerprint density at radius 2 is 1.96 bits per heavy atom. The van der Waals surface area contributed by atoms with Crippen molar-refractivity contribution >= 4 is 5.91 Å². The van der Waals surface area contributed by atoms with E-state index in [-0.39, 0.29) is 11.8 Å². The predicted octanol–water partition coefficient (Wildman–Crippen LogP) is 1.65. The second-order valence-corrected chi connectivity index (χ2v) is 7.63. The molecule has 4 heterocycles. The largest absolute Gasteiger partial charge is 0.493 e. The molecule has 2 aromatic rings. The van der Waals surface area contributed by atoms with Gasteiger partial charge in [0.1, 0.15) is 17.4 Å². The predicted molar refractivity (Wildman–Crippen MR) is 99.6 cm³/mol. The van der Waals surface area contributed by atoms with Crippen LogP contribution < -0.4 is 10.1 Å². The van der Waals surface area contributed by atoms with Crippen LogP contribution >= 0.6 is 0 Å². The minimum Gasteiger partial charge on any atom is -0.493 e. The van der Waals surface area contributed by atoms with E-state index in [1.807, 2.05) is 29.2 Å². The number of fused-ring (bicyclic) bond motifs is 2. The van der Waals surface area contributed by atoms with Crippen LogP contribution in [-0.4, -0.2) is 51.8 Å². The van der Waals surface area contributed by atoms with Crippen molar-refractivity contribution in [3.8, 4) is 5.75 Å². The summed E-state index contributed by atoms with van der Waals surface area (Å²) in [6.07, 6.45) is 2.69. The van der Waals surface area contributed by atoms with Gasteiger partial charge in [0.25, 0.3) is 0 Å². The molecule has 7 nitrogen and oxygen atoms in total. The molecule has 0 aliphatic carbocycles. The number of hydrogen-bond acceptors (Lipinski definition) is 5. The van der Waals surface area contributed by atoms with Crippen molar-refractivity contribution in [2.75, 3.05) is 26.2 Å². The second-order valence-electron chi connectivity index (χ2n) is 7.63. The molecule has 0 radical (unpaired) electrons. The van der Waals surface area contributed by atoms with Gasteiger partial charge in [-0.25, -0.2) is 0 Å². The Kier molecular flexibility index (Phi) is 4.32. The highest BCUT2D eigenvalue weighted by Crippen LogP contribution is 2.36. The first-order valence-electron chi connectivity index (χ1n) is 9.94. The molecule has 0 saturated carbocycles. The summed E-state index contributed by atoms with van der Waals surface area (Å²) in [5, 5.41) is 12.1. The molecule has 142 valence electrons. The van der Waals surface area contributed by atoms with Gasteiger partial charge in [-0.05, 0) is 25.3 Å². The summed E-state index contributed by atoms with van der Waals surface area (Å²) >= 11 is 0. The highest BCUT2D eigenvalue weighted by atomic mass is 16.5. The van der Waals surface area contributed by atoms with Crippen molar-refractivity contribution in [1.29, 1.82) is 0 Å². The van der Waals surface area contributed by atoms with E-state index in [1.165, 1.54) is 0 Å². The molecule has 27 heavy (non-hydrogen) atoms. The van der Waals surface area contributed by atoms with E-state index in [2.05, 4.69) is 20.1 Å². The van der Waals surface area contributed by atoms with E-state index in [4.69, 9.17) is 4.74 Å². The van der Waals surface area contributed by atoms with E-state index >= 15 is 0 Å². The maximum absolute atomic E-state index is 13.2. The van der Waals surface area contributed by atoms with Crippen molar-refractivity contribution in [1.82, 2.24) is 25.0 Å². The number of hydrogen-bond donors (Lipinski definition) is 1. The lowest BCUT2D eigenvalue weighted by atomic mass is 9.89. The Bertz CT molecular complexity index is 841. The lowest BCUT2D eigenvalue weighted by Crippen LogP contribution is -2.42. The molecule has 1 unspecified atom stereocenters. The fraction of sp³-hybridized carbons (Fsp3) is 0.550. The van der Waals surface area contributed by atoms with Gasteiger partial charge >= 0.3 is 0 Å². The molecule has 0 bridgehead atoms. The number of benzene rings is 1. The number of piperidine rings is 1. The second kappa shape index (κ2) is 6.96. The normalized spacial score (nSPS) is 22.7. The zero-order valence-electron chi connectivity index (χ0n) is 15.4. The number of carbonyl (C=O) groups excluding carboxylic acids is 1. The van der Waals surface area contributed by atoms with Crippen molar-refractivity contribution in [3.63, 3.8) is 0 Å². The molecule has 3 aliphatic heterocycles. The van der Waals surface area contributed by atoms with Gasteiger partial charge in [0.2, 0.25) is 5.91 Å². The van der Waals surface area contributed by atoms with Crippen molar-refractivity contribution < 1.29 is 9.53 Å². The molecule has 1 aromatic carbocycles. The molecular weight excluding hydrogens is 342 g/mol. The molecule has 1 aromatic heterocycles. The van der Waals surface area contributed by atoms with Gasteiger partial charge in [0.15, 0.2) is 0 Å². The van der Waals surface area contributed by atoms with E-state index in [0.29, 0.717) is 12.5 Å². The van der Waals surface area contributed by atoms with E-state index < -0.39 is 0 Å². The molecule has 3 aliphatic rings. The summed E-state index contributed by atoms with van der Waals surface area (Å²) < 4.78 is 7.99. The summed E-state index contributed by atoms with van der Waals surface area (Å²) in [4.78, 5) is 15.2. The summed E-state index contributed by atoms with van der Waals surface area (Å²) in [7, 11) is 0. The van der Waals surface area contributed by atoms with Crippen LogP contribution in [0.3, 0.4) is 0 Å². The monoisotopic (exact) mass is 367 g/mol.